The van der Waals surface area contributed by atoms with Gasteiger partial charge in [0.15, 0.2) is 0 Å². The number of benzene rings is 1. The van der Waals surface area contributed by atoms with Crippen LogP contribution in [0.15, 0.2) is 42.6 Å². The van der Waals surface area contributed by atoms with E-state index in [1.54, 1.807) is 32.5 Å². The minimum atomic E-state index is -0.128. The van der Waals surface area contributed by atoms with Gasteiger partial charge in [-0.15, -0.1) is 0 Å². The van der Waals surface area contributed by atoms with E-state index in [9.17, 15) is 4.79 Å². The molecule has 0 atom stereocenters. The quantitative estimate of drug-likeness (QED) is 0.775. The predicted octanol–water partition coefficient (Wildman–Crippen LogP) is 2.60. The van der Waals surface area contributed by atoms with Gasteiger partial charge >= 0.3 is 0 Å². The van der Waals surface area contributed by atoms with E-state index in [0.29, 0.717) is 5.56 Å². The fourth-order valence-corrected chi connectivity index (χ4v) is 2.24. The molecule has 0 radical (unpaired) electrons. The Morgan fingerprint density at radius 2 is 2.10 bits per heavy atom. The normalized spacial score (nSPS) is 10.6. The highest BCUT2D eigenvalue weighted by Gasteiger charge is 2.09. The zero-order valence-electron chi connectivity index (χ0n) is 11.8. The van der Waals surface area contributed by atoms with Gasteiger partial charge in [-0.1, -0.05) is 0 Å². The van der Waals surface area contributed by atoms with Crippen LogP contribution in [0, 0.1) is 0 Å². The molecule has 0 unspecified atom stereocenters. The number of carbonyl (C=O) groups is 1. The van der Waals surface area contributed by atoms with Crippen molar-refractivity contribution in [3.8, 4) is 17.1 Å². The number of carbonyl (C=O) groups excluding carboxylic acids is 1. The van der Waals surface area contributed by atoms with E-state index in [4.69, 9.17) is 4.74 Å². The summed E-state index contributed by atoms with van der Waals surface area (Å²) in [6.07, 6.45) is 1.63. The summed E-state index contributed by atoms with van der Waals surface area (Å²) in [6, 6.07) is 11.3. The van der Waals surface area contributed by atoms with Crippen molar-refractivity contribution >= 4 is 16.8 Å². The fourth-order valence-electron chi connectivity index (χ4n) is 2.24. The van der Waals surface area contributed by atoms with Crippen molar-refractivity contribution in [2.75, 3.05) is 14.2 Å². The van der Waals surface area contributed by atoms with Crippen LogP contribution in [0.25, 0.3) is 22.3 Å². The van der Waals surface area contributed by atoms with Crippen molar-refractivity contribution in [1.82, 2.24) is 15.3 Å². The minimum absolute atomic E-state index is 0.128. The maximum Gasteiger partial charge on any atom is 0.251 e. The predicted molar refractivity (Wildman–Crippen MR) is 81.5 cm³/mol. The monoisotopic (exact) mass is 281 g/mol. The molecule has 3 rings (SSSR count). The van der Waals surface area contributed by atoms with Gasteiger partial charge < -0.3 is 15.0 Å². The zero-order valence-corrected chi connectivity index (χ0v) is 11.8. The molecule has 5 heteroatoms. The number of ether oxygens (including phenoxy) is 1. The molecule has 21 heavy (non-hydrogen) atoms. The van der Waals surface area contributed by atoms with Crippen LogP contribution in [0.3, 0.4) is 0 Å². The zero-order chi connectivity index (χ0) is 14.8. The first-order valence-electron chi connectivity index (χ1n) is 6.56. The molecule has 1 aromatic carbocycles. The largest absolute Gasteiger partial charge is 0.497 e. The van der Waals surface area contributed by atoms with E-state index in [2.05, 4.69) is 15.3 Å². The highest BCUT2D eigenvalue weighted by atomic mass is 16.5. The van der Waals surface area contributed by atoms with Crippen LogP contribution >= 0.6 is 0 Å². The summed E-state index contributed by atoms with van der Waals surface area (Å²) in [5.41, 5.74) is 3.17. The molecular weight excluding hydrogens is 266 g/mol. The molecule has 0 saturated carbocycles. The lowest BCUT2D eigenvalue weighted by Crippen LogP contribution is -2.17. The third kappa shape index (κ3) is 2.45. The van der Waals surface area contributed by atoms with E-state index in [-0.39, 0.29) is 5.91 Å². The minimum Gasteiger partial charge on any atom is -0.497 e. The molecule has 0 aliphatic heterocycles. The average molecular weight is 281 g/mol. The number of methoxy groups -OCH3 is 1. The van der Waals surface area contributed by atoms with Gasteiger partial charge in [0.1, 0.15) is 5.75 Å². The lowest BCUT2D eigenvalue weighted by Gasteiger charge is -2.01. The Bertz CT molecular complexity index is 808. The second-order valence-electron chi connectivity index (χ2n) is 4.65. The fraction of sp³-hybridized carbons (Fsp3) is 0.125. The summed E-state index contributed by atoms with van der Waals surface area (Å²) in [5.74, 6) is 0.677. The molecule has 0 fully saturated rings. The topological polar surface area (TPSA) is 67.0 Å². The van der Waals surface area contributed by atoms with Gasteiger partial charge in [-0.05, 0) is 36.4 Å². The van der Waals surface area contributed by atoms with Crippen molar-refractivity contribution < 1.29 is 9.53 Å². The summed E-state index contributed by atoms with van der Waals surface area (Å²) < 4.78 is 5.22. The lowest BCUT2D eigenvalue weighted by atomic mass is 10.1. The van der Waals surface area contributed by atoms with Crippen LogP contribution in [0.5, 0.6) is 5.75 Å². The van der Waals surface area contributed by atoms with Gasteiger partial charge in [-0.25, -0.2) is 0 Å². The van der Waals surface area contributed by atoms with E-state index >= 15 is 0 Å². The third-order valence-electron chi connectivity index (χ3n) is 3.35. The Kier molecular flexibility index (Phi) is 3.31. The number of pyridine rings is 1. The molecule has 2 aromatic heterocycles. The van der Waals surface area contributed by atoms with Crippen LogP contribution in [0.4, 0.5) is 0 Å². The number of nitrogens with zero attached hydrogens (tertiary/aromatic N) is 1. The standard InChI is InChI=1S/C16H15N3O2/c1-17-16(20)10-5-6-18-14(8-10)15-9-11-7-12(21-2)3-4-13(11)19-15/h3-9,19H,1-2H3,(H,17,20). The van der Waals surface area contributed by atoms with Crippen molar-refractivity contribution in [2.45, 2.75) is 0 Å². The van der Waals surface area contributed by atoms with Gasteiger partial charge in [-0.2, -0.15) is 0 Å². The number of amides is 1. The molecule has 0 aliphatic rings. The van der Waals surface area contributed by atoms with Crippen molar-refractivity contribution in [1.29, 1.82) is 0 Å². The SMILES string of the molecule is CNC(=O)c1ccnc(-c2cc3cc(OC)ccc3[nH]2)c1. The first-order chi connectivity index (χ1) is 10.2. The lowest BCUT2D eigenvalue weighted by molar-refractivity contribution is 0.0963. The van der Waals surface area contributed by atoms with Crippen molar-refractivity contribution in [2.24, 2.45) is 0 Å². The second kappa shape index (κ2) is 5.28. The molecule has 0 aliphatic carbocycles. The Labute approximate surface area is 122 Å². The summed E-state index contributed by atoms with van der Waals surface area (Å²) in [5, 5.41) is 3.65. The molecular formula is C16H15N3O2. The van der Waals surface area contributed by atoms with E-state index in [0.717, 1.165) is 28.0 Å². The molecule has 1 amide bonds. The Balaban J connectivity index is 2.05. The average Bonchev–Trinajstić information content (AvgIpc) is 2.97. The van der Waals surface area contributed by atoms with Crippen molar-refractivity contribution in [3.63, 3.8) is 0 Å². The number of rotatable bonds is 3. The maximum atomic E-state index is 11.7. The van der Waals surface area contributed by atoms with Crippen molar-refractivity contribution in [3.05, 3.63) is 48.2 Å². The first-order valence-corrected chi connectivity index (χ1v) is 6.56. The van der Waals surface area contributed by atoms with Crippen LogP contribution in [0.1, 0.15) is 10.4 Å². The number of aromatic nitrogens is 2. The highest BCUT2D eigenvalue weighted by Crippen LogP contribution is 2.26. The Hall–Kier alpha value is -2.82. The van der Waals surface area contributed by atoms with Gasteiger partial charge in [0.2, 0.25) is 0 Å². The van der Waals surface area contributed by atoms with E-state index < -0.39 is 0 Å². The van der Waals surface area contributed by atoms with E-state index in [1.807, 2.05) is 24.3 Å². The molecule has 0 saturated heterocycles. The maximum absolute atomic E-state index is 11.7. The number of H-pyrrole nitrogens is 1. The molecule has 106 valence electrons. The van der Waals surface area contributed by atoms with Gasteiger partial charge in [0, 0.05) is 29.7 Å². The van der Waals surface area contributed by atoms with Crippen LogP contribution in [-0.2, 0) is 0 Å². The number of hydrogen-bond donors (Lipinski definition) is 2. The summed E-state index contributed by atoms with van der Waals surface area (Å²) in [7, 11) is 3.25. The van der Waals surface area contributed by atoms with Gasteiger partial charge in [0.25, 0.3) is 5.91 Å². The summed E-state index contributed by atoms with van der Waals surface area (Å²) in [4.78, 5) is 19.3. The van der Waals surface area contributed by atoms with Gasteiger partial charge in [0.05, 0.1) is 18.5 Å². The van der Waals surface area contributed by atoms with E-state index in [1.165, 1.54) is 0 Å². The molecule has 0 bridgehead atoms. The molecule has 2 heterocycles. The van der Waals surface area contributed by atoms with Crippen LogP contribution in [-0.4, -0.2) is 30.0 Å². The number of nitrogens with one attached hydrogen (secondary N) is 2. The number of fused-ring (bicyclic) bond motifs is 1. The second-order valence-corrected chi connectivity index (χ2v) is 4.65. The van der Waals surface area contributed by atoms with Crippen LogP contribution in [0.2, 0.25) is 0 Å². The number of hydrogen-bond acceptors (Lipinski definition) is 3. The van der Waals surface area contributed by atoms with Gasteiger partial charge in [-0.3, -0.25) is 9.78 Å². The summed E-state index contributed by atoms with van der Waals surface area (Å²) in [6.45, 7) is 0. The molecule has 3 aromatic rings. The van der Waals surface area contributed by atoms with Crippen LogP contribution < -0.4 is 10.1 Å². The molecule has 2 N–H and O–H groups in total. The molecule has 5 nitrogen and oxygen atoms in total. The Morgan fingerprint density at radius 1 is 1.24 bits per heavy atom. The summed E-state index contributed by atoms with van der Waals surface area (Å²) >= 11 is 0. The smallest absolute Gasteiger partial charge is 0.251 e. The highest BCUT2D eigenvalue weighted by molar-refractivity contribution is 5.95. The molecule has 0 spiro atoms. The Morgan fingerprint density at radius 3 is 2.86 bits per heavy atom. The first kappa shape index (κ1) is 13.2. The third-order valence-corrected chi connectivity index (χ3v) is 3.35. The number of aromatic amines is 1.